The van der Waals surface area contributed by atoms with E-state index in [1.807, 2.05) is 30.3 Å². The molecule has 0 unspecified atom stereocenters. The van der Waals surface area contributed by atoms with E-state index in [2.05, 4.69) is 22.9 Å². The standard InChI is InChI=1S/C26H25BrO6/c1-2-3-14-31-24-13-12-20(18-23(24)27)26(29)33-22-11-7-8-19(17-22)25(28)32-16-15-30-21-9-5-4-6-10-21/h4-13,17-18H,2-3,14-16H2,1H3. The average Bonchev–Trinajstić information content (AvgIpc) is 2.83. The predicted molar refractivity (Wildman–Crippen MR) is 128 cm³/mol. The van der Waals surface area contributed by atoms with Gasteiger partial charge in [-0.1, -0.05) is 37.6 Å². The van der Waals surface area contributed by atoms with Crippen LogP contribution < -0.4 is 14.2 Å². The molecule has 0 radical (unpaired) electrons. The monoisotopic (exact) mass is 512 g/mol. The third kappa shape index (κ3) is 7.64. The lowest BCUT2D eigenvalue weighted by molar-refractivity contribution is 0.0449. The van der Waals surface area contributed by atoms with Crippen LogP contribution in [0.1, 0.15) is 40.5 Å². The lowest BCUT2D eigenvalue weighted by Gasteiger charge is -2.10. The number of rotatable bonds is 11. The summed E-state index contributed by atoms with van der Waals surface area (Å²) in [6.45, 7) is 3.03. The molecular formula is C26H25BrO6. The summed E-state index contributed by atoms with van der Waals surface area (Å²) in [5, 5.41) is 0. The van der Waals surface area contributed by atoms with Gasteiger partial charge in [-0.15, -0.1) is 0 Å². The number of carbonyl (C=O) groups excluding carboxylic acids is 2. The number of carbonyl (C=O) groups is 2. The Labute approximate surface area is 201 Å². The van der Waals surface area contributed by atoms with Gasteiger partial charge in [0.2, 0.25) is 0 Å². The number of halogens is 1. The zero-order valence-corrected chi connectivity index (χ0v) is 19.9. The van der Waals surface area contributed by atoms with E-state index < -0.39 is 11.9 Å². The van der Waals surface area contributed by atoms with E-state index >= 15 is 0 Å². The molecule has 0 N–H and O–H groups in total. The maximum atomic E-state index is 12.5. The lowest BCUT2D eigenvalue weighted by Crippen LogP contribution is -2.13. The molecule has 3 rings (SSSR count). The van der Waals surface area contributed by atoms with Crippen molar-refractivity contribution in [3.8, 4) is 17.2 Å². The van der Waals surface area contributed by atoms with E-state index in [9.17, 15) is 9.59 Å². The van der Waals surface area contributed by atoms with Crippen LogP contribution >= 0.6 is 15.9 Å². The molecule has 0 aliphatic carbocycles. The number of para-hydroxylation sites is 1. The van der Waals surface area contributed by atoms with Crippen LogP contribution in [0.3, 0.4) is 0 Å². The Bertz CT molecular complexity index is 1070. The minimum atomic E-state index is -0.544. The summed E-state index contributed by atoms with van der Waals surface area (Å²) in [7, 11) is 0. The average molecular weight is 513 g/mol. The molecule has 0 aromatic heterocycles. The first kappa shape index (κ1) is 24.3. The van der Waals surface area contributed by atoms with Crippen LogP contribution in [-0.4, -0.2) is 31.8 Å². The van der Waals surface area contributed by atoms with Crippen LogP contribution in [0, 0.1) is 0 Å². The summed E-state index contributed by atoms with van der Waals surface area (Å²) < 4.78 is 22.5. The second kappa shape index (κ2) is 12.6. The number of hydrogen-bond donors (Lipinski definition) is 0. The van der Waals surface area contributed by atoms with Gasteiger partial charge in [-0.2, -0.15) is 0 Å². The summed E-state index contributed by atoms with van der Waals surface area (Å²) >= 11 is 3.42. The number of unbranched alkanes of at least 4 members (excludes halogenated alkanes) is 1. The Hall–Kier alpha value is -3.32. The predicted octanol–water partition coefficient (Wildman–Crippen LogP) is 6.08. The van der Waals surface area contributed by atoms with E-state index in [0.717, 1.165) is 12.8 Å². The molecule has 0 saturated heterocycles. The highest BCUT2D eigenvalue weighted by atomic mass is 79.9. The van der Waals surface area contributed by atoms with Crippen molar-refractivity contribution in [1.82, 2.24) is 0 Å². The molecule has 0 atom stereocenters. The largest absolute Gasteiger partial charge is 0.492 e. The van der Waals surface area contributed by atoms with Gasteiger partial charge in [0.15, 0.2) is 0 Å². The molecule has 0 fully saturated rings. The summed E-state index contributed by atoms with van der Waals surface area (Å²) in [4.78, 5) is 24.9. The Kier molecular flexibility index (Phi) is 9.32. The SMILES string of the molecule is CCCCOc1ccc(C(=O)Oc2cccc(C(=O)OCCOc3ccccc3)c2)cc1Br. The molecular weight excluding hydrogens is 488 g/mol. The van der Waals surface area contributed by atoms with Gasteiger partial charge in [-0.25, -0.2) is 9.59 Å². The lowest BCUT2D eigenvalue weighted by atomic mass is 10.2. The summed E-state index contributed by atoms with van der Waals surface area (Å²) in [5.41, 5.74) is 0.636. The number of esters is 2. The third-order valence-electron chi connectivity index (χ3n) is 4.53. The van der Waals surface area contributed by atoms with Crippen LogP contribution in [0.5, 0.6) is 17.2 Å². The van der Waals surface area contributed by atoms with Gasteiger partial charge in [0.25, 0.3) is 0 Å². The van der Waals surface area contributed by atoms with Crippen LogP contribution in [0.25, 0.3) is 0 Å². The third-order valence-corrected chi connectivity index (χ3v) is 5.15. The molecule has 33 heavy (non-hydrogen) atoms. The van der Waals surface area contributed by atoms with Gasteiger partial charge in [0.1, 0.15) is 30.5 Å². The van der Waals surface area contributed by atoms with Crippen LogP contribution in [-0.2, 0) is 4.74 Å². The van der Waals surface area contributed by atoms with Gasteiger partial charge in [0.05, 0.1) is 22.2 Å². The highest BCUT2D eigenvalue weighted by Gasteiger charge is 2.14. The van der Waals surface area contributed by atoms with Crippen LogP contribution in [0.4, 0.5) is 0 Å². The molecule has 7 heteroatoms. The van der Waals surface area contributed by atoms with E-state index in [1.165, 1.54) is 6.07 Å². The zero-order chi connectivity index (χ0) is 23.5. The molecule has 3 aromatic carbocycles. The Morgan fingerprint density at radius 2 is 1.52 bits per heavy atom. The molecule has 0 aliphatic heterocycles. The Morgan fingerprint density at radius 3 is 2.27 bits per heavy atom. The topological polar surface area (TPSA) is 71.1 Å². The number of benzene rings is 3. The summed E-state index contributed by atoms with van der Waals surface area (Å²) in [6, 6.07) is 20.6. The van der Waals surface area contributed by atoms with Crippen LogP contribution in [0.15, 0.2) is 77.3 Å². The Morgan fingerprint density at radius 1 is 0.758 bits per heavy atom. The van der Waals surface area contributed by atoms with Crippen LogP contribution in [0.2, 0.25) is 0 Å². The minimum absolute atomic E-state index is 0.0957. The van der Waals surface area contributed by atoms with E-state index in [1.54, 1.807) is 36.4 Å². The van der Waals surface area contributed by atoms with Crippen molar-refractivity contribution in [2.24, 2.45) is 0 Å². The van der Waals surface area contributed by atoms with Crippen molar-refractivity contribution >= 4 is 27.9 Å². The van der Waals surface area contributed by atoms with Gasteiger partial charge < -0.3 is 18.9 Å². The number of hydrogen-bond acceptors (Lipinski definition) is 6. The fraction of sp³-hybridized carbons (Fsp3) is 0.231. The molecule has 0 aliphatic rings. The first-order valence-corrected chi connectivity index (χ1v) is 11.5. The minimum Gasteiger partial charge on any atom is -0.492 e. The normalized spacial score (nSPS) is 10.4. The second-order valence-electron chi connectivity index (χ2n) is 7.06. The molecule has 0 amide bonds. The first-order valence-electron chi connectivity index (χ1n) is 10.7. The van der Waals surface area contributed by atoms with E-state index in [0.29, 0.717) is 28.1 Å². The molecule has 0 saturated carbocycles. The fourth-order valence-electron chi connectivity index (χ4n) is 2.82. The summed E-state index contributed by atoms with van der Waals surface area (Å²) in [6.07, 6.45) is 1.99. The van der Waals surface area contributed by atoms with Crippen molar-refractivity contribution in [3.63, 3.8) is 0 Å². The van der Waals surface area contributed by atoms with Gasteiger partial charge >= 0.3 is 11.9 Å². The second-order valence-corrected chi connectivity index (χ2v) is 7.92. The molecule has 0 bridgehead atoms. The molecule has 172 valence electrons. The molecule has 6 nitrogen and oxygen atoms in total. The van der Waals surface area contributed by atoms with Crippen molar-refractivity contribution < 1.29 is 28.5 Å². The highest BCUT2D eigenvalue weighted by Crippen LogP contribution is 2.27. The fourth-order valence-corrected chi connectivity index (χ4v) is 3.31. The molecule has 3 aromatic rings. The van der Waals surface area contributed by atoms with Crippen molar-refractivity contribution in [3.05, 3.63) is 88.4 Å². The molecule has 0 spiro atoms. The maximum absolute atomic E-state index is 12.5. The zero-order valence-electron chi connectivity index (χ0n) is 18.3. The molecule has 0 heterocycles. The highest BCUT2D eigenvalue weighted by molar-refractivity contribution is 9.10. The van der Waals surface area contributed by atoms with Gasteiger partial charge in [-0.05, 0) is 70.9 Å². The van der Waals surface area contributed by atoms with E-state index in [4.69, 9.17) is 18.9 Å². The van der Waals surface area contributed by atoms with Crippen molar-refractivity contribution in [2.45, 2.75) is 19.8 Å². The summed E-state index contributed by atoms with van der Waals surface area (Å²) in [5.74, 6) is 0.545. The first-order chi connectivity index (χ1) is 16.1. The van der Waals surface area contributed by atoms with Gasteiger partial charge in [0, 0.05) is 0 Å². The van der Waals surface area contributed by atoms with Gasteiger partial charge in [-0.3, -0.25) is 0 Å². The van der Waals surface area contributed by atoms with Crippen molar-refractivity contribution in [2.75, 3.05) is 19.8 Å². The Balaban J connectivity index is 1.53. The van der Waals surface area contributed by atoms with E-state index in [-0.39, 0.29) is 24.5 Å². The van der Waals surface area contributed by atoms with Crippen molar-refractivity contribution in [1.29, 1.82) is 0 Å². The maximum Gasteiger partial charge on any atom is 0.343 e. The quantitative estimate of drug-likeness (QED) is 0.176. The number of ether oxygens (including phenoxy) is 4. The smallest absolute Gasteiger partial charge is 0.343 e.